The van der Waals surface area contributed by atoms with E-state index in [9.17, 15) is 30.2 Å². The van der Waals surface area contributed by atoms with Gasteiger partial charge in [0.25, 0.3) is 5.69 Å². The summed E-state index contributed by atoms with van der Waals surface area (Å²) in [7, 11) is 1.29. The van der Waals surface area contributed by atoms with Crippen molar-refractivity contribution in [3.05, 3.63) is 43.6 Å². The van der Waals surface area contributed by atoms with Crippen LogP contribution in [0.3, 0.4) is 0 Å². The van der Waals surface area contributed by atoms with E-state index in [2.05, 4.69) is 10.0 Å². The van der Waals surface area contributed by atoms with Gasteiger partial charge in [0.1, 0.15) is 0 Å². The minimum atomic E-state index is -0.880. The fourth-order valence-corrected chi connectivity index (χ4v) is 2.41. The van der Waals surface area contributed by atoms with Gasteiger partial charge in [0, 0.05) is 6.07 Å². The van der Waals surface area contributed by atoms with Gasteiger partial charge in [-0.25, -0.2) is 0 Å². The maximum atomic E-state index is 11.9. The number of hydrogen-bond acceptors (Lipinski definition) is 9. The minimum absolute atomic E-state index is 0.124. The number of piperidine rings is 1. The van der Waals surface area contributed by atoms with Crippen LogP contribution < -0.4 is 4.84 Å². The molecule has 1 heterocycles. The normalized spacial score (nSPS) is 15.4. The molecule has 0 aromatic heterocycles. The summed E-state index contributed by atoms with van der Waals surface area (Å²) in [5.74, 6) is -1.07. The van der Waals surface area contributed by atoms with Crippen molar-refractivity contribution < 1.29 is 29.2 Å². The van der Waals surface area contributed by atoms with Crippen molar-refractivity contribution in [3.63, 3.8) is 0 Å². The minimum Gasteiger partial charge on any atom is -0.569 e. The molecule has 0 spiro atoms. The zero-order chi connectivity index (χ0) is 19.3. The van der Waals surface area contributed by atoms with Gasteiger partial charge >= 0.3 is 11.7 Å². The second kappa shape index (κ2) is 8.04. The van der Waals surface area contributed by atoms with Crippen LogP contribution >= 0.6 is 0 Å². The Balaban J connectivity index is 2.06. The molecule has 1 aliphatic rings. The molecule has 0 amide bonds. The number of non-ortho nitro benzene ring substituents is 1. The third-order valence-corrected chi connectivity index (χ3v) is 3.81. The number of esters is 1. The third-order valence-electron chi connectivity index (χ3n) is 3.81. The lowest BCUT2D eigenvalue weighted by molar-refractivity contribution is -0.709. The maximum absolute atomic E-state index is 11.9. The van der Waals surface area contributed by atoms with Gasteiger partial charge in [0.05, 0.1) is 47.0 Å². The van der Waals surface area contributed by atoms with Crippen molar-refractivity contribution in [2.45, 2.75) is 12.8 Å². The van der Waals surface area contributed by atoms with Crippen LogP contribution in [0.1, 0.15) is 12.8 Å². The Morgan fingerprint density at radius 1 is 1.19 bits per heavy atom. The number of rotatable bonds is 6. The zero-order valence-corrected chi connectivity index (χ0v) is 13.6. The van der Waals surface area contributed by atoms with Gasteiger partial charge in [-0.05, 0) is 18.9 Å². The molecule has 0 radical (unpaired) electrons. The standard InChI is InChI=1S/C13H15N5O8/c1-25-13(19)9-4-6-15(7-5-9)18(24)14-26-12-3-2-10(16(20)21)8-11(12)17(22)23/h2-3,8-9H,4-7H2,1H3/b18-14-. The summed E-state index contributed by atoms with van der Waals surface area (Å²) in [5, 5.41) is 38.1. The lowest BCUT2D eigenvalue weighted by atomic mass is 9.98. The largest absolute Gasteiger partial charge is 0.569 e. The van der Waals surface area contributed by atoms with E-state index in [4.69, 9.17) is 4.84 Å². The Morgan fingerprint density at radius 2 is 1.85 bits per heavy atom. The molecule has 0 aliphatic carbocycles. The van der Waals surface area contributed by atoms with Gasteiger partial charge in [-0.1, -0.05) is 0 Å². The molecular formula is C13H15N5O8. The Labute approximate surface area is 146 Å². The summed E-state index contributed by atoms with van der Waals surface area (Å²) in [6, 6.07) is 2.69. The monoisotopic (exact) mass is 369 g/mol. The van der Waals surface area contributed by atoms with Crippen molar-refractivity contribution in [1.82, 2.24) is 5.01 Å². The summed E-state index contributed by atoms with van der Waals surface area (Å²) in [5.41, 5.74) is -1.19. The summed E-state index contributed by atoms with van der Waals surface area (Å²) < 4.78 is 4.64. The summed E-state index contributed by atoms with van der Waals surface area (Å²) in [4.78, 5) is 36.3. The predicted octanol–water partition coefficient (Wildman–Crippen LogP) is 1.56. The highest BCUT2D eigenvalue weighted by atomic mass is 16.7. The molecule has 0 unspecified atom stereocenters. The van der Waals surface area contributed by atoms with E-state index in [-0.39, 0.29) is 29.9 Å². The number of carbonyl (C=O) groups excluding carboxylic acids is 1. The Morgan fingerprint density at radius 3 is 2.38 bits per heavy atom. The van der Waals surface area contributed by atoms with Gasteiger partial charge < -0.3 is 9.94 Å². The molecular weight excluding hydrogens is 354 g/mol. The van der Waals surface area contributed by atoms with Gasteiger partial charge in [-0.2, -0.15) is 0 Å². The number of carbonyl (C=O) groups is 1. The van der Waals surface area contributed by atoms with E-state index in [0.29, 0.717) is 18.9 Å². The van der Waals surface area contributed by atoms with E-state index < -0.39 is 27.0 Å². The van der Waals surface area contributed by atoms with Crippen molar-refractivity contribution >= 4 is 17.3 Å². The highest BCUT2D eigenvalue weighted by Crippen LogP contribution is 2.31. The smallest absolute Gasteiger partial charge is 0.321 e. The molecule has 0 bridgehead atoms. The molecule has 13 nitrogen and oxygen atoms in total. The van der Waals surface area contributed by atoms with Crippen molar-refractivity contribution in [2.75, 3.05) is 20.2 Å². The number of hydrogen-bond donors (Lipinski definition) is 0. The Bertz CT molecular complexity index is 744. The summed E-state index contributed by atoms with van der Waals surface area (Å²) in [6.07, 6.45) is 0.775. The first-order valence-electron chi connectivity index (χ1n) is 7.44. The average Bonchev–Trinajstić information content (AvgIpc) is 2.65. The van der Waals surface area contributed by atoms with E-state index in [1.54, 1.807) is 0 Å². The first-order valence-corrected chi connectivity index (χ1v) is 7.44. The Kier molecular flexibility index (Phi) is 5.82. The summed E-state index contributed by atoms with van der Waals surface area (Å²) >= 11 is 0. The number of benzene rings is 1. The van der Waals surface area contributed by atoms with E-state index in [0.717, 1.165) is 12.1 Å². The number of hydrazine groups is 1. The van der Waals surface area contributed by atoms with Gasteiger partial charge in [0.15, 0.2) is 0 Å². The summed E-state index contributed by atoms with van der Waals surface area (Å²) in [6.45, 7) is 0.441. The second-order valence-electron chi connectivity index (χ2n) is 5.34. The number of nitro benzene ring substituents is 2. The van der Waals surface area contributed by atoms with Crippen molar-refractivity contribution in [3.8, 4) is 5.75 Å². The topological polar surface area (TPSA) is 163 Å². The highest BCUT2D eigenvalue weighted by molar-refractivity contribution is 5.72. The van der Waals surface area contributed by atoms with Crippen LogP contribution in [0.15, 0.2) is 23.5 Å². The number of ether oxygens (including phenoxy) is 1. The van der Waals surface area contributed by atoms with Gasteiger partial charge in [0.2, 0.25) is 11.0 Å². The molecule has 2 rings (SSSR count). The van der Waals surface area contributed by atoms with Crippen LogP contribution in [0, 0.1) is 31.4 Å². The van der Waals surface area contributed by atoms with Crippen molar-refractivity contribution in [1.29, 1.82) is 0 Å². The molecule has 1 fully saturated rings. The van der Waals surface area contributed by atoms with Crippen LogP contribution in [0.5, 0.6) is 5.75 Å². The first-order chi connectivity index (χ1) is 12.3. The van der Waals surface area contributed by atoms with Crippen LogP contribution in [-0.4, -0.2) is 46.0 Å². The van der Waals surface area contributed by atoms with Gasteiger partial charge in [-0.15, -0.1) is 5.01 Å². The average molecular weight is 369 g/mol. The van der Waals surface area contributed by atoms with Crippen LogP contribution in [0.25, 0.3) is 0 Å². The fraction of sp³-hybridized carbons (Fsp3) is 0.462. The molecule has 1 saturated heterocycles. The van der Waals surface area contributed by atoms with Crippen molar-refractivity contribution in [2.24, 2.45) is 11.2 Å². The molecule has 13 heteroatoms. The zero-order valence-electron chi connectivity index (χ0n) is 13.6. The number of methoxy groups -OCH3 is 1. The quantitative estimate of drug-likeness (QED) is 0.238. The van der Waals surface area contributed by atoms with Crippen LogP contribution in [-0.2, 0) is 9.53 Å². The SMILES string of the molecule is COC(=O)C1CCN(/[N+]([O-])=N/Oc2ccc([N+](=O)[O-])cc2[N+](=O)[O-])CC1. The number of nitro groups is 2. The van der Waals surface area contributed by atoms with E-state index in [1.807, 2.05) is 0 Å². The van der Waals surface area contributed by atoms with Crippen LogP contribution in [0.4, 0.5) is 11.4 Å². The van der Waals surface area contributed by atoms with E-state index >= 15 is 0 Å². The molecule has 1 aromatic carbocycles. The number of nitrogens with zero attached hydrogens (tertiary/aromatic N) is 5. The predicted molar refractivity (Wildman–Crippen MR) is 82.7 cm³/mol. The molecule has 0 saturated carbocycles. The lowest BCUT2D eigenvalue weighted by Crippen LogP contribution is -2.40. The van der Waals surface area contributed by atoms with E-state index in [1.165, 1.54) is 12.1 Å². The fourth-order valence-electron chi connectivity index (χ4n) is 2.41. The third kappa shape index (κ3) is 4.31. The second-order valence-corrected chi connectivity index (χ2v) is 5.34. The molecule has 0 N–H and O–H groups in total. The first kappa shape index (κ1) is 18.8. The molecule has 140 valence electrons. The van der Waals surface area contributed by atoms with Gasteiger partial charge in [-0.3, -0.25) is 29.9 Å². The Hall–Kier alpha value is -3.51. The lowest BCUT2D eigenvalue weighted by Gasteiger charge is -2.26. The van der Waals surface area contributed by atoms with Crippen LogP contribution in [0.2, 0.25) is 0 Å². The molecule has 1 aliphatic heterocycles. The maximum Gasteiger partial charge on any atom is 0.321 e. The molecule has 1 aromatic rings. The molecule has 26 heavy (non-hydrogen) atoms. The molecule has 0 atom stereocenters. The highest BCUT2D eigenvalue weighted by Gasteiger charge is 2.29.